The average Bonchev–Trinajstić information content (AvgIpc) is 3.20. The minimum absolute atomic E-state index is 0.321. The quantitative estimate of drug-likeness (QED) is 0.649. The topological polar surface area (TPSA) is 78.6 Å². The van der Waals surface area contributed by atoms with E-state index < -0.39 is 0 Å². The zero-order valence-corrected chi connectivity index (χ0v) is 14.5. The second-order valence-electron chi connectivity index (χ2n) is 5.71. The Morgan fingerprint density at radius 1 is 1.50 bits per heavy atom. The molecule has 1 aliphatic rings. The molecule has 24 heavy (non-hydrogen) atoms. The summed E-state index contributed by atoms with van der Waals surface area (Å²) in [6, 6.07) is 8.27. The highest BCUT2D eigenvalue weighted by Gasteiger charge is 2.23. The Hall–Kier alpha value is -2.28. The van der Waals surface area contributed by atoms with Crippen LogP contribution in [-0.2, 0) is 6.54 Å². The van der Waals surface area contributed by atoms with Crippen molar-refractivity contribution in [3.05, 3.63) is 41.0 Å². The van der Waals surface area contributed by atoms with Gasteiger partial charge in [-0.2, -0.15) is 4.98 Å². The summed E-state index contributed by atoms with van der Waals surface area (Å²) < 4.78 is 4.96. The molecule has 1 saturated heterocycles. The van der Waals surface area contributed by atoms with Crippen molar-refractivity contribution in [3.63, 3.8) is 0 Å². The van der Waals surface area contributed by atoms with Gasteiger partial charge >= 0.3 is 0 Å². The van der Waals surface area contributed by atoms with E-state index in [0.717, 1.165) is 36.2 Å². The lowest BCUT2D eigenvalue weighted by Gasteiger charge is -2.20. The van der Waals surface area contributed by atoms with Gasteiger partial charge in [-0.25, -0.2) is 0 Å². The van der Waals surface area contributed by atoms with Crippen LogP contribution in [0.2, 0.25) is 5.02 Å². The van der Waals surface area contributed by atoms with Gasteiger partial charge in [0.2, 0.25) is 5.89 Å². The molecular weight excluding hydrogens is 328 g/mol. The van der Waals surface area contributed by atoms with Crippen molar-refractivity contribution in [2.24, 2.45) is 4.99 Å². The van der Waals surface area contributed by atoms with Crippen molar-refractivity contribution in [2.45, 2.75) is 25.9 Å². The molecule has 128 valence electrons. The first-order valence-electron chi connectivity index (χ1n) is 7.91. The number of aromatic nitrogens is 2. The summed E-state index contributed by atoms with van der Waals surface area (Å²) >= 11 is 6.08. The molecule has 0 saturated carbocycles. The summed E-state index contributed by atoms with van der Waals surface area (Å²) in [5.41, 5.74) is 1.15. The molecule has 1 aromatic carbocycles. The highest BCUT2D eigenvalue weighted by Crippen LogP contribution is 2.23. The summed E-state index contributed by atoms with van der Waals surface area (Å²) in [7, 11) is 1.75. The largest absolute Gasteiger partial charge is 0.369 e. The molecule has 0 spiro atoms. The number of anilines is 1. The van der Waals surface area contributed by atoms with Crippen molar-refractivity contribution >= 4 is 23.2 Å². The highest BCUT2D eigenvalue weighted by molar-refractivity contribution is 6.30. The second kappa shape index (κ2) is 7.53. The Kier molecular flexibility index (Phi) is 5.20. The maximum atomic E-state index is 6.08. The van der Waals surface area contributed by atoms with Gasteiger partial charge in [-0.05, 0) is 24.6 Å². The third-order valence-corrected chi connectivity index (χ3v) is 4.14. The number of guanidine groups is 1. The fraction of sp³-hybridized carbons (Fsp3) is 0.438. The Morgan fingerprint density at radius 3 is 3.08 bits per heavy atom. The van der Waals surface area contributed by atoms with E-state index in [4.69, 9.17) is 16.1 Å². The Balaban J connectivity index is 1.52. The average molecular weight is 349 g/mol. The van der Waals surface area contributed by atoms with Crippen LogP contribution < -0.4 is 15.5 Å². The molecule has 0 aliphatic carbocycles. The molecule has 0 radical (unpaired) electrons. The predicted octanol–water partition coefficient (Wildman–Crippen LogP) is 1.98. The number of benzene rings is 1. The minimum atomic E-state index is 0.321. The van der Waals surface area contributed by atoms with Crippen molar-refractivity contribution in [1.82, 2.24) is 20.8 Å². The van der Waals surface area contributed by atoms with Crippen LogP contribution in [0.4, 0.5) is 5.69 Å². The summed E-state index contributed by atoms with van der Waals surface area (Å²) in [5.74, 6) is 1.90. The van der Waals surface area contributed by atoms with E-state index in [9.17, 15) is 0 Å². The highest BCUT2D eigenvalue weighted by atomic mass is 35.5. The molecule has 1 fully saturated rings. The third kappa shape index (κ3) is 4.17. The van der Waals surface area contributed by atoms with Crippen LogP contribution in [0.1, 0.15) is 18.1 Å². The van der Waals surface area contributed by atoms with E-state index >= 15 is 0 Å². The summed E-state index contributed by atoms with van der Waals surface area (Å²) in [6.45, 7) is 4.13. The van der Waals surface area contributed by atoms with Crippen molar-refractivity contribution in [1.29, 1.82) is 0 Å². The van der Waals surface area contributed by atoms with Crippen LogP contribution in [0.25, 0.3) is 0 Å². The maximum Gasteiger partial charge on any atom is 0.223 e. The van der Waals surface area contributed by atoms with E-state index in [1.165, 1.54) is 0 Å². The monoisotopic (exact) mass is 348 g/mol. The number of aryl methyl sites for hydroxylation is 1. The molecule has 8 heteroatoms. The lowest BCUT2D eigenvalue weighted by Crippen LogP contribution is -2.44. The zero-order valence-electron chi connectivity index (χ0n) is 13.8. The van der Waals surface area contributed by atoms with Crippen molar-refractivity contribution in [2.75, 3.05) is 25.0 Å². The van der Waals surface area contributed by atoms with Gasteiger partial charge in [0.05, 0.1) is 6.54 Å². The van der Waals surface area contributed by atoms with E-state index in [0.29, 0.717) is 24.3 Å². The summed E-state index contributed by atoms with van der Waals surface area (Å²) in [4.78, 5) is 10.7. The standard InChI is InChI=1S/C16H21ClN6O/c1-11-20-15(22-24-11)9-19-16(18-2)21-13-6-7-23(10-13)14-5-3-4-12(17)8-14/h3-5,8,13H,6-7,9-10H2,1-2H3,(H2,18,19,21). The van der Waals surface area contributed by atoms with Gasteiger partial charge < -0.3 is 20.1 Å². The molecule has 7 nitrogen and oxygen atoms in total. The Morgan fingerprint density at radius 2 is 2.38 bits per heavy atom. The molecule has 2 aromatic rings. The van der Waals surface area contributed by atoms with E-state index in [1.54, 1.807) is 14.0 Å². The molecule has 0 bridgehead atoms. The minimum Gasteiger partial charge on any atom is -0.369 e. The van der Waals surface area contributed by atoms with Gasteiger partial charge in [-0.3, -0.25) is 4.99 Å². The first-order valence-corrected chi connectivity index (χ1v) is 8.28. The molecule has 2 N–H and O–H groups in total. The molecule has 3 rings (SSSR count). The van der Waals surface area contributed by atoms with Crippen LogP contribution in [0.3, 0.4) is 0 Å². The molecule has 2 heterocycles. The number of hydrogen-bond donors (Lipinski definition) is 2. The van der Waals surface area contributed by atoms with Crippen LogP contribution >= 0.6 is 11.6 Å². The number of halogens is 1. The first-order chi connectivity index (χ1) is 11.6. The van der Waals surface area contributed by atoms with Crippen molar-refractivity contribution < 1.29 is 4.52 Å². The molecule has 0 amide bonds. The van der Waals surface area contributed by atoms with Gasteiger partial charge in [-0.1, -0.05) is 22.8 Å². The zero-order chi connectivity index (χ0) is 16.9. The lowest BCUT2D eigenvalue weighted by atomic mass is 10.3. The Labute approximate surface area is 146 Å². The molecule has 1 aliphatic heterocycles. The number of nitrogens with zero attached hydrogens (tertiary/aromatic N) is 4. The van der Waals surface area contributed by atoms with E-state index in [-0.39, 0.29) is 0 Å². The van der Waals surface area contributed by atoms with Gasteiger partial charge in [0.15, 0.2) is 11.8 Å². The number of rotatable bonds is 4. The number of nitrogens with one attached hydrogen (secondary N) is 2. The fourth-order valence-electron chi connectivity index (χ4n) is 2.75. The summed E-state index contributed by atoms with van der Waals surface area (Å²) in [6.07, 6.45) is 1.04. The number of aliphatic imine (C=N–C) groups is 1. The second-order valence-corrected chi connectivity index (χ2v) is 6.15. The van der Waals surface area contributed by atoms with E-state index in [1.807, 2.05) is 18.2 Å². The molecule has 1 aromatic heterocycles. The van der Waals surface area contributed by atoms with Gasteiger partial charge in [0.25, 0.3) is 0 Å². The normalized spacial score (nSPS) is 18.0. The van der Waals surface area contributed by atoms with Crippen LogP contribution in [0, 0.1) is 6.92 Å². The van der Waals surface area contributed by atoms with Gasteiger partial charge in [0, 0.05) is 43.8 Å². The van der Waals surface area contributed by atoms with Crippen LogP contribution in [0.15, 0.2) is 33.8 Å². The maximum absolute atomic E-state index is 6.08. The molecular formula is C16H21ClN6O. The lowest BCUT2D eigenvalue weighted by molar-refractivity contribution is 0.386. The molecule has 1 unspecified atom stereocenters. The van der Waals surface area contributed by atoms with Gasteiger partial charge in [0.1, 0.15) is 0 Å². The summed E-state index contributed by atoms with van der Waals surface area (Å²) in [5, 5.41) is 11.3. The fourth-order valence-corrected chi connectivity index (χ4v) is 2.93. The predicted molar refractivity (Wildman–Crippen MR) is 94.4 cm³/mol. The van der Waals surface area contributed by atoms with E-state index in [2.05, 4.69) is 36.7 Å². The number of hydrogen-bond acceptors (Lipinski definition) is 5. The smallest absolute Gasteiger partial charge is 0.223 e. The molecule has 1 atom stereocenters. The third-order valence-electron chi connectivity index (χ3n) is 3.91. The Bertz CT molecular complexity index is 716. The SMILES string of the molecule is CN=C(NCc1noc(C)n1)NC1CCN(c2cccc(Cl)c2)C1. The van der Waals surface area contributed by atoms with Gasteiger partial charge in [-0.15, -0.1) is 0 Å². The van der Waals surface area contributed by atoms with Crippen LogP contribution in [-0.4, -0.2) is 42.3 Å². The first kappa shape index (κ1) is 16.6. The van der Waals surface area contributed by atoms with Crippen molar-refractivity contribution in [3.8, 4) is 0 Å². The van der Waals surface area contributed by atoms with Crippen LogP contribution in [0.5, 0.6) is 0 Å².